The smallest absolute Gasteiger partial charge is 0.360 e. The summed E-state index contributed by atoms with van der Waals surface area (Å²) in [5, 5.41) is 10.0. The lowest BCUT2D eigenvalue weighted by Gasteiger charge is -2.44. The lowest BCUT2D eigenvalue weighted by molar-refractivity contribution is -0.861. The van der Waals surface area contributed by atoms with Crippen molar-refractivity contribution < 1.29 is 9.59 Å². The van der Waals surface area contributed by atoms with Crippen molar-refractivity contribution in [2.24, 2.45) is 0 Å². The Bertz CT molecular complexity index is 420. The van der Waals surface area contributed by atoms with Gasteiger partial charge in [0.25, 0.3) is 0 Å². The number of nitrogens with zero attached hydrogens (tertiary/aromatic N) is 1. The minimum absolute atomic E-state index is 0.141. The third-order valence-electron chi connectivity index (χ3n) is 4.44. The van der Waals surface area contributed by atoms with E-state index in [1.165, 1.54) is 12.0 Å². The van der Waals surface area contributed by atoms with E-state index >= 15 is 0 Å². The summed E-state index contributed by atoms with van der Waals surface area (Å²) in [5.74, 6) is 0.418. The molecule has 18 heavy (non-hydrogen) atoms. The number of aliphatic hydroxyl groups is 1. The van der Waals surface area contributed by atoms with Gasteiger partial charge in [-0.15, -0.1) is 0 Å². The van der Waals surface area contributed by atoms with Crippen molar-refractivity contribution in [3.63, 3.8) is 0 Å². The summed E-state index contributed by atoms with van der Waals surface area (Å²) in [5.41, 5.74) is 1.34. The molecule has 1 N–H and O–H groups in total. The zero-order valence-electron chi connectivity index (χ0n) is 11.2. The van der Waals surface area contributed by atoms with E-state index < -0.39 is 0 Å². The molecule has 1 aliphatic rings. The molecule has 0 aliphatic carbocycles. The van der Waals surface area contributed by atoms with Crippen LogP contribution in [0.15, 0.2) is 30.3 Å². The Balaban J connectivity index is 2.27. The highest BCUT2D eigenvalue weighted by atomic mass is 32.1. The van der Waals surface area contributed by atoms with Crippen LogP contribution in [0.5, 0.6) is 0 Å². The predicted molar refractivity (Wildman–Crippen MR) is 78.8 cm³/mol. The highest BCUT2D eigenvalue weighted by Gasteiger charge is 2.43. The number of likely N-dealkylation sites (tertiary alicyclic amines) is 1. The molecular formula is C15H22NOS+. The molecule has 1 fully saturated rings. The van der Waals surface area contributed by atoms with Crippen LogP contribution in [0.1, 0.15) is 37.7 Å². The molecule has 98 valence electrons. The van der Waals surface area contributed by atoms with Gasteiger partial charge in [0.05, 0.1) is 13.6 Å². The van der Waals surface area contributed by atoms with Crippen molar-refractivity contribution >= 4 is 17.4 Å². The molecule has 3 atom stereocenters. The maximum absolute atomic E-state index is 9.91. The molecule has 0 amide bonds. The largest absolute Gasteiger partial charge is 0.459 e. The molecule has 3 unspecified atom stereocenters. The van der Waals surface area contributed by atoms with Gasteiger partial charge in [-0.2, -0.15) is 0 Å². The van der Waals surface area contributed by atoms with E-state index in [0.717, 1.165) is 19.4 Å². The molecule has 1 aromatic carbocycles. The standard InChI is InChI=1S/C15H21NOS/c1-12(13-8-4-3-5-9-13)14-10-6-7-11-16(14,2)15(17)18/h3-5,8-9,12,14H,6-7,10-11H2,1-2H3/p+1. The van der Waals surface area contributed by atoms with Crippen LogP contribution in [0.2, 0.25) is 0 Å². The first-order valence-corrected chi connectivity index (χ1v) is 7.10. The molecule has 0 bridgehead atoms. The molecule has 0 radical (unpaired) electrons. The fourth-order valence-corrected chi connectivity index (χ4v) is 3.43. The van der Waals surface area contributed by atoms with Gasteiger partial charge in [-0.3, -0.25) is 0 Å². The molecule has 3 heteroatoms. The topological polar surface area (TPSA) is 20.2 Å². The van der Waals surface area contributed by atoms with Gasteiger partial charge in [-0.1, -0.05) is 37.3 Å². The first-order chi connectivity index (χ1) is 8.55. The number of hydrogen-bond donors (Lipinski definition) is 1. The van der Waals surface area contributed by atoms with E-state index in [2.05, 4.69) is 38.2 Å². The third-order valence-corrected chi connectivity index (χ3v) is 4.86. The molecule has 2 nitrogen and oxygen atoms in total. The minimum Gasteiger partial charge on any atom is -0.459 e. The predicted octanol–water partition coefficient (Wildman–Crippen LogP) is 3.63. The first-order valence-electron chi connectivity index (χ1n) is 6.69. The van der Waals surface area contributed by atoms with E-state index in [4.69, 9.17) is 12.2 Å². The normalized spacial score (nSPS) is 29.8. The van der Waals surface area contributed by atoms with Crippen LogP contribution in [0, 0.1) is 0 Å². The molecule has 2 rings (SSSR count). The van der Waals surface area contributed by atoms with Gasteiger partial charge in [0.15, 0.2) is 0 Å². The number of benzene rings is 1. The summed E-state index contributed by atoms with van der Waals surface area (Å²) in [4.78, 5) is 0. The van der Waals surface area contributed by atoms with Crippen LogP contribution in [0.4, 0.5) is 0 Å². The molecule has 1 aromatic rings. The molecule has 0 aromatic heterocycles. The number of rotatable bonds is 2. The molecule has 0 saturated carbocycles. The zero-order chi connectivity index (χ0) is 13.2. The number of piperidine rings is 1. The second-order valence-electron chi connectivity index (χ2n) is 5.54. The SMILES string of the molecule is CC(c1ccccc1)C1CCCC[N+]1(C)C(O)=S. The van der Waals surface area contributed by atoms with Gasteiger partial charge in [-0.05, 0) is 18.4 Å². The number of quaternary nitrogens is 1. The van der Waals surface area contributed by atoms with Crippen molar-refractivity contribution in [3.8, 4) is 0 Å². The van der Waals surface area contributed by atoms with Crippen LogP contribution in [0.3, 0.4) is 0 Å². The Labute approximate surface area is 115 Å². The Morgan fingerprint density at radius 3 is 2.61 bits per heavy atom. The van der Waals surface area contributed by atoms with E-state index in [1.807, 2.05) is 6.07 Å². The zero-order valence-corrected chi connectivity index (χ0v) is 12.0. The number of thiocarbonyl (C=S) groups is 1. The summed E-state index contributed by atoms with van der Waals surface area (Å²) in [6.45, 7) is 3.21. The van der Waals surface area contributed by atoms with Crippen LogP contribution in [-0.2, 0) is 0 Å². The van der Waals surface area contributed by atoms with Crippen molar-refractivity contribution in [1.29, 1.82) is 0 Å². The highest BCUT2D eigenvalue weighted by Crippen LogP contribution is 2.34. The van der Waals surface area contributed by atoms with Crippen molar-refractivity contribution in [3.05, 3.63) is 35.9 Å². The lowest BCUT2D eigenvalue weighted by atomic mass is 9.85. The summed E-state index contributed by atoms with van der Waals surface area (Å²) < 4.78 is 0.533. The quantitative estimate of drug-likeness (QED) is 0.650. The highest BCUT2D eigenvalue weighted by molar-refractivity contribution is 7.79. The Hall–Kier alpha value is -0.930. The van der Waals surface area contributed by atoms with E-state index in [1.54, 1.807) is 0 Å². The van der Waals surface area contributed by atoms with Gasteiger partial charge in [0, 0.05) is 24.6 Å². The van der Waals surface area contributed by atoms with E-state index in [0.29, 0.717) is 16.4 Å². The first kappa shape index (κ1) is 13.5. The molecule has 1 heterocycles. The van der Waals surface area contributed by atoms with Gasteiger partial charge in [0.2, 0.25) is 0 Å². The van der Waals surface area contributed by atoms with Crippen LogP contribution < -0.4 is 0 Å². The van der Waals surface area contributed by atoms with E-state index in [-0.39, 0.29) is 5.17 Å². The maximum Gasteiger partial charge on any atom is 0.360 e. The fourth-order valence-electron chi connectivity index (χ4n) is 3.20. The van der Waals surface area contributed by atoms with Gasteiger partial charge >= 0.3 is 5.17 Å². The number of aliphatic hydroxyl groups excluding tert-OH is 1. The summed E-state index contributed by atoms with van der Waals surface area (Å²) in [6, 6.07) is 10.9. The van der Waals surface area contributed by atoms with Crippen molar-refractivity contribution in [2.45, 2.75) is 38.1 Å². The Morgan fingerprint density at radius 2 is 2.00 bits per heavy atom. The average molecular weight is 264 g/mol. The van der Waals surface area contributed by atoms with Crippen LogP contribution >= 0.6 is 12.2 Å². The number of likely N-dealkylation sites (N-methyl/N-ethyl adjacent to an activating group) is 1. The van der Waals surface area contributed by atoms with Crippen molar-refractivity contribution in [2.75, 3.05) is 13.6 Å². The van der Waals surface area contributed by atoms with Crippen LogP contribution in [-0.4, -0.2) is 34.4 Å². The maximum atomic E-state index is 9.91. The second kappa shape index (κ2) is 5.37. The Morgan fingerprint density at radius 1 is 1.33 bits per heavy atom. The van der Waals surface area contributed by atoms with Gasteiger partial charge in [-0.25, -0.2) is 4.48 Å². The fraction of sp³-hybridized carbons (Fsp3) is 0.533. The van der Waals surface area contributed by atoms with Gasteiger partial charge < -0.3 is 5.11 Å². The minimum atomic E-state index is 0.141. The summed E-state index contributed by atoms with van der Waals surface area (Å²) in [6.07, 6.45) is 3.51. The Kier molecular flexibility index (Phi) is 4.03. The van der Waals surface area contributed by atoms with Crippen molar-refractivity contribution in [1.82, 2.24) is 0 Å². The van der Waals surface area contributed by atoms with Crippen LogP contribution in [0.25, 0.3) is 0 Å². The average Bonchev–Trinajstić information content (AvgIpc) is 2.39. The molecule has 0 spiro atoms. The van der Waals surface area contributed by atoms with E-state index in [9.17, 15) is 5.11 Å². The second-order valence-corrected chi connectivity index (χ2v) is 5.90. The summed E-state index contributed by atoms with van der Waals surface area (Å²) in [7, 11) is 2.08. The van der Waals surface area contributed by atoms with Gasteiger partial charge in [0.1, 0.15) is 6.04 Å². The lowest BCUT2D eigenvalue weighted by Crippen LogP contribution is -2.59. The number of hydrogen-bond acceptors (Lipinski definition) is 1. The third kappa shape index (κ3) is 2.43. The monoisotopic (exact) mass is 264 g/mol. The summed E-state index contributed by atoms with van der Waals surface area (Å²) >= 11 is 5.10. The molecule has 1 saturated heterocycles. The molecular weight excluding hydrogens is 242 g/mol. The molecule has 1 aliphatic heterocycles.